The van der Waals surface area contributed by atoms with Crippen LogP contribution in [0.25, 0.3) is 0 Å². The van der Waals surface area contributed by atoms with Gasteiger partial charge in [0.2, 0.25) is 0 Å². The molecule has 0 saturated carbocycles. The number of hydrogen-bond donors (Lipinski definition) is 2. The molecule has 4 heteroatoms. The van der Waals surface area contributed by atoms with Crippen molar-refractivity contribution in [3.05, 3.63) is 35.9 Å². The van der Waals surface area contributed by atoms with Crippen molar-refractivity contribution in [2.45, 2.75) is 66.2 Å². The highest BCUT2D eigenvalue weighted by atomic mass is 16.6. The zero-order chi connectivity index (χ0) is 18.3. The van der Waals surface area contributed by atoms with Crippen LogP contribution in [-0.2, 0) is 4.74 Å². The fourth-order valence-corrected chi connectivity index (χ4v) is 2.56. The maximum atomic E-state index is 11.9. The first-order valence-corrected chi connectivity index (χ1v) is 8.88. The first kappa shape index (κ1) is 20.5. The Morgan fingerprint density at radius 3 is 2.08 bits per heavy atom. The summed E-state index contributed by atoms with van der Waals surface area (Å²) in [6, 6.07) is 10.9. The number of ether oxygens (including phenoxy) is 1. The molecular formula is C20H34N2O2. The van der Waals surface area contributed by atoms with Crippen LogP contribution < -0.4 is 10.6 Å². The van der Waals surface area contributed by atoms with Crippen LogP contribution >= 0.6 is 0 Å². The van der Waals surface area contributed by atoms with Crippen molar-refractivity contribution >= 4 is 6.09 Å². The van der Waals surface area contributed by atoms with Crippen molar-refractivity contribution < 1.29 is 9.53 Å². The molecule has 1 aromatic carbocycles. The molecule has 0 fully saturated rings. The van der Waals surface area contributed by atoms with Gasteiger partial charge in [-0.25, -0.2) is 4.79 Å². The Morgan fingerprint density at radius 2 is 1.62 bits per heavy atom. The minimum atomic E-state index is -0.477. The van der Waals surface area contributed by atoms with Crippen molar-refractivity contribution in [1.29, 1.82) is 0 Å². The van der Waals surface area contributed by atoms with E-state index in [9.17, 15) is 4.79 Å². The lowest BCUT2D eigenvalue weighted by molar-refractivity contribution is 0.0517. The first-order chi connectivity index (χ1) is 11.1. The van der Waals surface area contributed by atoms with Crippen LogP contribution in [0, 0.1) is 11.8 Å². The van der Waals surface area contributed by atoms with Crippen LogP contribution in [0.5, 0.6) is 0 Å². The number of benzene rings is 1. The van der Waals surface area contributed by atoms with Gasteiger partial charge >= 0.3 is 6.09 Å². The topological polar surface area (TPSA) is 50.4 Å². The number of nitrogens with one attached hydrogen (secondary N) is 2. The minimum absolute atomic E-state index is 0.171. The summed E-state index contributed by atoms with van der Waals surface area (Å²) >= 11 is 0. The van der Waals surface area contributed by atoms with Gasteiger partial charge in [0.1, 0.15) is 5.60 Å². The molecule has 4 nitrogen and oxygen atoms in total. The number of carbonyl (C=O) groups excluding carboxylic acids is 1. The average Bonchev–Trinajstić information content (AvgIpc) is 2.45. The molecule has 0 bridgehead atoms. The normalized spacial score (nSPS) is 14.5. The van der Waals surface area contributed by atoms with Crippen molar-refractivity contribution in [3.8, 4) is 0 Å². The summed E-state index contributed by atoms with van der Waals surface area (Å²) in [5, 5.41) is 6.61. The zero-order valence-corrected chi connectivity index (χ0v) is 16.2. The molecule has 0 spiro atoms. The Bertz CT molecular complexity index is 492. The highest BCUT2D eigenvalue weighted by Crippen LogP contribution is 2.23. The second-order valence-corrected chi connectivity index (χ2v) is 8.03. The third-order valence-electron chi connectivity index (χ3n) is 3.89. The lowest BCUT2D eigenvalue weighted by Crippen LogP contribution is -2.47. The maximum Gasteiger partial charge on any atom is 0.407 e. The van der Waals surface area contributed by atoms with Gasteiger partial charge in [0.25, 0.3) is 0 Å². The third kappa shape index (κ3) is 7.35. The Morgan fingerprint density at radius 1 is 1.04 bits per heavy atom. The zero-order valence-electron chi connectivity index (χ0n) is 16.2. The second-order valence-electron chi connectivity index (χ2n) is 8.03. The predicted molar refractivity (Wildman–Crippen MR) is 100 cm³/mol. The lowest BCUT2D eigenvalue weighted by Gasteiger charge is -2.31. The van der Waals surface area contributed by atoms with Gasteiger partial charge in [-0.1, -0.05) is 58.0 Å². The van der Waals surface area contributed by atoms with E-state index in [4.69, 9.17) is 4.74 Å². The number of rotatable bonds is 7. The molecule has 2 unspecified atom stereocenters. The van der Waals surface area contributed by atoms with E-state index < -0.39 is 5.60 Å². The van der Waals surface area contributed by atoms with Crippen LogP contribution in [0.3, 0.4) is 0 Å². The Hall–Kier alpha value is -1.55. The van der Waals surface area contributed by atoms with Crippen LogP contribution in [0.1, 0.15) is 60.1 Å². The standard InChI is InChI=1S/C20H34N2O2/c1-14(2)17(13-21-19(23)24-20(5,6)7)22-18(15(3)4)16-11-9-8-10-12-16/h8-12,14-15,17-18,22H,13H2,1-7H3,(H,21,23). The van der Waals surface area contributed by atoms with E-state index in [1.54, 1.807) is 0 Å². The molecule has 0 radical (unpaired) electrons. The molecule has 1 aromatic rings. The molecule has 1 amide bonds. The highest BCUT2D eigenvalue weighted by Gasteiger charge is 2.23. The molecule has 136 valence electrons. The molecule has 0 aliphatic heterocycles. The molecular weight excluding hydrogens is 300 g/mol. The number of amides is 1. The molecule has 0 aliphatic carbocycles. The number of carbonyl (C=O) groups is 1. The van der Waals surface area contributed by atoms with E-state index in [0.29, 0.717) is 18.4 Å². The Kier molecular flexibility index (Phi) is 7.74. The molecule has 2 N–H and O–H groups in total. The van der Waals surface area contributed by atoms with E-state index in [2.05, 4.69) is 62.6 Å². The number of alkyl carbamates (subject to hydrolysis) is 1. The van der Waals surface area contributed by atoms with Gasteiger partial charge in [-0.05, 0) is 38.2 Å². The van der Waals surface area contributed by atoms with Gasteiger partial charge < -0.3 is 15.4 Å². The first-order valence-electron chi connectivity index (χ1n) is 8.88. The Balaban J connectivity index is 2.72. The smallest absolute Gasteiger partial charge is 0.407 e. The van der Waals surface area contributed by atoms with Crippen LogP contribution in [0.15, 0.2) is 30.3 Å². The van der Waals surface area contributed by atoms with E-state index >= 15 is 0 Å². The average molecular weight is 335 g/mol. The van der Waals surface area contributed by atoms with Crippen LogP contribution in [-0.4, -0.2) is 24.3 Å². The van der Waals surface area contributed by atoms with Crippen LogP contribution in [0.2, 0.25) is 0 Å². The molecule has 0 aliphatic rings. The van der Waals surface area contributed by atoms with E-state index in [1.165, 1.54) is 5.56 Å². The van der Waals surface area contributed by atoms with Gasteiger partial charge in [-0.2, -0.15) is 0 Å². The van der Waals surface area contributed by atoms with Crippen LogP contribution in [0.4, 0.5) is 4.79 Å². The van der Waals surface area contributed by atoms with E-state index in [0.717, 1.165) is 0 Å². The van der Waals surface area contributed by atoms with Gasteiger partial charge in [-0.3, -0.25) is 0 Å². The van der Waals surface area contributed by atoms with Gasteiger partial charge in [-0.15, -0.1) is 0 Å². The molecule has 1 rings (SSSR count). The van der Waals surface area contributed by atoms with Gasteiger partial charge in [0, 0.05) is 18.6 Å². The fourth-order valence-electron chi connectivity index (χ4n) is 2.56. The van der Waals surface area contributed by atoms with E-state index in [1.807, 2.05) is 26.8 Å². The third-order valence-corrected chi connectivity index (χ3v) is 3.89. The summed E-state index contributed by atoms with van der Waals surface area (Å²) in [6.45, 7) is 14.9. The second kappa shape index (κ2) is 9.07. The Labute approximate surface area is 147 Å². The lowest BCUT2D eigenvalue weighted by atomic mass is 9.93. The molecule has 0 saturated heterocycles. The summed E-state index contributed by atoms with van der Waals surface area (Å²) in [7, 11) is 0. The summed E-state index contributed by atoms with van der Waals surface area (Å²) in [5.41, 5.74) is 0.797. The number of hydrogen-bond acceptors (Lipinski definition) is 3. The molecule has 0 aromatic heterocycles. The predicted octanol–water partition coefficient (Wildman–Crippen LogP) is 4.52. The summed E-state index contributed by atoms with van der Waals surface area (Å²) in [5.74, 6) is 0.847. The van der Waals surface area contributed by atoms with Crippen molar-refractivity contribution in [2.24, 2.45) is 11.8 Å². The van der Waals surface area contributed by atoms with Crippen molar-refractivity contribution in [2.75, 3.05) is 6.54 Å². The summed E-state index contributed by atoms with van der Waals surface area (Å²) in [4.78, 5) is 11.9. The quantitative estimate of drug-likeness (QED) is 0.770. The summed E-state index contributed by atoms with van der Waals surface area (Å²) in [6.07, 6.45) is -0.365. The van der Waals surface area contributed by atoms with E-state index in [-0.39, 0.29) is 18.2 Å². The summed E-state index contributed by atoms with van der Waals surface area (Å²) < 4.78 is 5.33. The highest BCUT2D eigenvalue weighted by molar-refractivity contribution is 5.67. The molecule has 2 atom stereocenters. The molecule has 0 heterocycles. The fraction of sp³-hybridized carbons (Fsp3) is 0.650. The molecule has 24 heavy (non-hydrogen) atoms. The van der Waals surface area contributed by atoms with Crippen molar-refractivity contribution in [3.63, 3.8) is 0 Å². The SMILES string of the molecule is CC(C)C(CNC(=O)OC(C)(C)C)NC(c1ccccc1)C(C)C. The minimum Gasteiger partial charge on any atom is -0.444 e. The monoisotopic (exact) mass is 334 g/mol. The van der Waals surface area contributed by atoms with Gasteiger partial charge in [0.05, 0.1) is 0 Å². The van der Waals surface area contributed by atoms with Crippen molar-refractivity contribution in [1.82, 2.24) is 10.6 Å². The maximum absolute atomic E-state index is 11.9. The largest absolute Gasteiger partial charge is 0.444 e. The van der Waals surface area contributed by atoms with Gasteiger partial charge in [0.15, 0.2) is 0 Å².